The van der Waals surface area contributed by atoms with Crippen LogP contribution in [0.25, 0.3) is 0 Å². The predicted molar refractivity (Wildman–Crippen MR) is 58.0 cm³/mol. The Morgan fingerprint density at radius 1 is 1.25 bits per heavy atom. The monoisotopic (exact) mass is 226 g/mol. The van der Waals surface area contributed by atoms with E-state index in [0.29, 0.717) is 19.5 Å². The Morgan fingerprint density at radius 2 is 2.06 bits per heavy atom. The molecule has 2 aliphatic heterocycles. The third-order valence-electron chi connectivity index (χ3n) is 3.44. The van der Waals surface area contributed by atoms with Crippen LogP contribution in [0, 0.1) is 5.92 Å². The number of carboxylic acid groups (broad SMARTS) is 1. The molecule has 0 radical (unpaired) electrons. The van der Waals surface area contributed by atoms with Gasteiger partial charge in [0.1, 0.15) is 0 Å². The van der Waals surface area contributed by atoms with Gasteiger partial charge in [0.15, 0.2) is 0 Å². The summed E-state index contributed by atoms with van der Waals surface area (Å²) in [5.41, 5.74) is 0. The van der Waals surface area contributed by atoms with E-state index in [9.17, 15) is 9.59 Å². The minimum atomic E-state index is -0.781. The van der Waals surface area contributed by atoms with Gasteiger partial charge in [0, 0.05) is 13.1 Å². The zero-order chi connectivity index (χ0) is 11.5. The second-order valence-corrected chi connectivity index (χ2v) is 4.61. The standard InChI is InChI=1S/C11H18N2O3/c14-10(9-4-1-5-12-9)13-6-2-3-8(7-13)11(15)16/h8-9,12H,1-7H2,(H,15,16)/t8-,9?/m0/s1. The lowest BCUT2D eigenvalue weighted by Crippen LogP contribution is -2.49. The summed E-state index contributed by atoms with van der Waals surface area (Å²) in [6, 6.07) is -0.0763. The molecule has 0 aromatic heterocycles. The van der Waals surface area contributed by atoms with Crippen molar-refractivity contribution in [2.45, 2.75) is 31.7 Å². The minimum absolute atomic E-state index is 0.0763. The lowest BCUT2D eigenvalue weighted by molar-refractivity contribution is -0.146. The van der Waals surface area contributed by atoms with Crippen molar-refractivity contribution in [1.29, 1.82) is 0 Å². The van der Waals surface area contributed by atoms with Gasteiger partial charge in [-0.25, -0.2) is 0 Å². The molecule has 2 rings (SSSR count). The van der Waals surface area contributed by atoms with E-state index in [0.717, 1.165) is 25.8 Å². The lowest BCUT2D eigenvalue weighted by atomic mass is 9.97. The molecule has 2 saturated heterocycles. The third-order valence-corrected chi connectivity index (χ3v) is 3.44. The highest BCUT2D eigenvalue weighted by Crippen LogP contribution is 2.19. The number of hydrogen-bond acceptors (Lipinski definition) is 3. The Kier molecular flexibility index (Phi) is 3.43. The molecule has 0 saturated carbocycles. The molecule has 90 valence electrons. The molecule has 16 heavy (non-hydrogen) atoms. The Morgan fingerprint density at radius 3 is 2.69 bits per heavy atom. The highest BCUT2D eigenvalue weighted by Gasteiger charge is 2.32. The fourth-order valence-electron chi connectivity index (χ4n) is 2.49. The number of carbonyl (C=O) groups is 2. The van der Waals surface area contributed by atoms with Crippen LogP contribution in [-0.2, 0) is 9.59 Å². The van der Waals surface area contributed by atoms with E-state index in [1.165, 1.54) is 0 Å². The summed E-state index contributed by atoms with van der Waals surface area (Å²) in [6.07, 6.45) is 3.41. The molecule has 5 nitrogen and oxygen atoms in total. The molecule has 0 aliphatic carbocycles. The zero-order valence-corrected chi connectivity index (χ0v) is 9.32. The molecule has 0 spiro atoms. The molecule has 0 aromatic carbocycles. The number of amides is 1. The van der Waals surface area contributed by atoms with Gasteiger partial charge in [-0.2, -0.15) is 0 Å². The maximum absolute atomic E-state index is 12.0. The number of rotatable bonds is 2. The van der Waals surface area contributed by atoms with Gasteiger partial charge < -0.3 is 15.3 Å². The van der Waals surface area contributed by atoms with Gasteiger partial charge in [-0.15, -0.1) is 0 Å². The van der Waals surface area contributed by atoms with Gasteiger partial charge in [0.25, 0.3) is 0 Å². The van der Waals surface area contributed by atoms with E-state index in [2.05, 4.69) is 5.32 Å². The summed E-state index contributed by atoms with van der Waals surface area (Å²) >= 11 is 0. The van der Waals surface area contributed by atoms with Crippen molar-refractivity contribution in [3.63, 3.8) is 0 Å². The predicted octanol–water partition coefficient (Wildman–Crippen LogP) is 0.0616. The van der Waals surface area contributed by atoms with Crippen molar-refractivity contribution >= 4 is 11.9 Å². The van der Waals surface area contributed by atoms with Crippen LogP contribution in [0.3, 0.4) is 0 Å². The van der Waals surface area contributed by atoms with E-state index in [1.807, 2.05) is 0 Å². The molecule has 0 aromatic rings. The first-order chi connectivity index (χ1) is 7.68. The van der Waals surface area contributed by atoms with E-state index in [-0.39, 0.29) is 17.9 Å². The van der Waals surface area contributed by atoms with Gasteiger partial charge >= 0.3 is 5.97 Å². The summed E-state index contributed by atoms with van der Waals surface area (Å²) in [6.45, 7) is 1.99. The van der Waals surface area contributed by atoms with Crippen LogP contribution >= 0.6 is 0 Å². The Balaban J connectivity index is 1.93. The van der Waals surface area contributed by atoms with Crippen LogP contribution in [0.15, 0.2) is 0 Å². The maximum Gasteiger partial charge on any atom is 0.308 e. The number of nitrogens with one attached hydrogen (secondary N) is 1. The second-order valence-electron chi connectivity index (χ2n) is 4.61. The highest BCUT2D eigenvalue weighted by atomic mass is 16.4. The number of piperidine rings is 1. The molecule has 2 heterocycles. The Hall–Kier alpha value is -1.10. The zero-order valence-electron chi connectivity index (χ0n) is 9.32. The highest BCUT2D eigenvalue weighted by molar-refractivity contribution is 5.83. The van der Waals surface area contributed by atoms with Crippen LogP contribution in [0.5, 0.6) is 0 Å². The molecule has 0 bridgehead atoms. The average Bonchev–Trinajstić information content (AvgIpc) is 2.81. The average molecular weight is 226 g/mol. The number of likely N-dealkylation sites (tertiary alicyclic amines) is 1. The molecular weight excluding hydrogens is 208 g/mol. The number of aliphatic carboxylic acids is 1. The molecular formula is C11H18N2O3. The lowest BCUT2D eigenvalue weighted by Gasteiger charge is -2.32. The topological polar surface area (TPSA) is 69.6 Å². The SMILES string of the molecule is O=C(O)[C@H]1CCCN(C(=O)C2CCCN2)C1. The minimum Gasteiger partial charge on any atom is -0.481 e. The first-order valence-electron chi connectivity index (χ1n) is 5.93. The van der Waals surface area contributed by atoms with Crippen molar-refractivity contribution in [2.75, 3.05) is 19.6 Å². The Labute approximate surface area is 94.8 Å². The number of nitrogens with zero attached hydrogens (tertiary/aromatic N) is 1. The van der Waals surface area contributed by atoms with E-state index in [1.54, 1.807) is 4.90 Å². The smallest absolute Gasteiger partial charge is 0.308 e. The first-order valence-corrected chi connectivity index (χ1v) is 5.93. The van der Waals surface area contributed by atoms with E-state index < -0.39 is 5.97 Å². The number of hydrogen-bond donors (Lipinski definition) is 2. The summed E-state index contributed by atoms with van der Waals surface area (Å²) in [4.78, 5) is 24.6. The number of carboxylic acids is 1. The normalized spacial score (nSPS) is 30.4. The summed E-state index contributed by atoms with van der Waals surface area (Å²) in [7, 11) is 0. The van der Waals surface area contributed by atoms with Crippen molar-refractivity contribution in [3.05, 3.63) is 0 Å². The fourth-order valence-corrected chi connectivity index (χ4v) is 2.49. The van der Waals surface area contributed by atoms with Crippen molar-refractivity contribution in [1.82, 2.24) is 10.2 Å². The summed E-state index contributed by atoms with van der Waals surface area (Å²) in [5.74, 6) is -1.07. The van der Waals surface area contributed by atoms with Gasteiger partial charge in [-0.1, -0.05) is 0 Å². The molecule has 2 N–H and O–H groups in total. The van der Waals surface area contributed by atoms with Gasteiger partial charge in [0.05, 0.1) is 12.0 Å². The summed E-state index contributed by atoms with van der Waals surface area (Å²) in [5, 5.41) is 12.1. The van der Waals surface area contributed by atoms with Crippen LogP contribution in [0.4, 0.5) is 0 Å². The van der Waals surface area contributed by atoms with E-state index >= 15 is 0 Å². The van der Waals surface area contributed by atoms with Gasteiger partial charge in [-0.05, 0) is 32.2 Å². The molecule has 1 amide bonds. The van der Waals surface area contributed by atoms with Crippen molar-refractivity contribution < 1.29 is 14.7 Å². The fraction of sp³-hybridized carbons (Fsp3) is 0.818. The van der Waals surface area contributed by atoms with E-state index in [4.69, 9.17) is 5.11 Å². The largest absolute Gasteiger partial charge is 0.481 e. The van der Waals surface area contributed by atoms with Crippen LogP contribution in [-0.4, -0.2) is 47.6 Å². The molecule has 2 fully saturated rings. The number of carbonyl (C=O) groups excluding carboxylic acids is 1. The Bertz CT molecular complexity index is 287. The second kappa shape index (κ2) is 4.82. The van der Waals surface area contributed by atoms with Crippen LogP contribution in [0.2, 0.25) is 0 Å². The van der Waals surface area contributed by atoms with Crippen LogP contribution < -0.4 is 5.32 Å². The van der Waals surface area contributed by atoms with Crippen molar-refractivity contribution in [3.8, 4) is 0 Å². The molecule has 1 unspecified atom stereocenters. The van der Waals surface area contributed by atoms with Gasteiger partial charge in [0.2, 0.25) is 5.91 Å². The van der Waals surface area contributed by atoms with Crippen LogP contribution in [0.1, 0.15) is 25.7 Å². The molecule has 2 aliphatic rings. The first kappa shape index (κ1) is 11.4. The van der Waals surface area contributed by atoms with Gasteiger partial charge in [-0.3, -0.25) is 9.59 Å². The summed E-state index contributed by atoms with van der Waals surface area (Å²) < 4.78 is 0. The molecule has 5 heteroatoms. The maximum atomic E-state index is 12.0. The van der Waals surface area contributed by atoms with Crippen molar-refractivity contribution in [2.24, 2.45) is 5.92 Å². The third kappa shape index (κ3) is 2.35. The quantitative estimate of drug-likeness (QED) is 0.698. The molecule has 2 atom stereocenters.